The average Bonchev–Trinajstić information content (AvgIpc) is 2.71. The number of hydrogen-bond donors (Lipinski definition) is 2. The molecule has 1 aromatic heterocycles. The van der Waals surface area contributed by atoms with E-state index in [0.29, 0.717) is 5.69 Å². The molecule has 1 aromatic carbocycles. The molecule has 0 fully saturated rings. The highest BCUT2D eigenvalue weighted by Crippen LogP contribution is 2.25. The van der Waals surface area contributed by atoms with Gasteiger partial charge in [0.05, 0.1) is 7.11 Å². The summed E-state index contributed by atoms with van der Waals surface area (Å²) in [7, 11) is 1.62. The van der Waals surface area contributed by atoms with Gasteiger partial charge in [-0.1, -0.05) is 6.07 Å². The van der Waals surface area contributed by atoms with Gasteiger partial charge in [0, 0.05) is 16.9 Å². The Morgan fingerprint density at radius 3 is 2.82 bits per heavy atom. The molecular weight excluding hydrogens is 216 g/mol. The van der Waals surface area contributed by atoms with Crippen molar-refractivity contribution >= 4 is 16.8 Å². The van der Waals surface area contributed by atoms with E-state index in [4.69, 9.17) is 4.74 Å². The van der Waals surface area contributed by atoms with Crippen LogP contribution in [0.2, 0.25) is 0 Å². The number of carbonyl (C=O) groups excluding carboxylic acids is 1. The first kappa shape index (κ1) is 11.5. The molecule has 0 saturated heterocycles. The quantitative estimate of drug-likeness (QED) is 0.853. The van der Waals surface area contributed by atoms with Crippen molar-refractivity contribution in [2.24, 2.45) is 0 Å². The van der Waals surface area contributed by atoms with Gasteiger partial charge in [-0.2, -0.15) is 0 Å². The molecule has 0 spiro atoms. The van der Waals surface area contributed by atoms with E-state index >= 15 is 0 Å². The summed E-state index contributed by atoms with van der Waals surface area (Å²) in [4.78, 5) is 14.9. The fourth-order valence-electron chi connectivity index (χ4n) is 1.77. The summed E-state index contributed by atoms with van der Waals surface area (Å²) < 4.78 is 5.25. The van der Waals surface area contributed by atoms with Crippen molar-refractivity contribution in [1.82, 2.24) is 10.3 Å². The van der Waals surface area contributed by atoms with Gasteiger partial charge in [-0.15, -0.1) is 0 Å². The molecule has 90 valence electrons. The zero-order valence-corrected chi connectivity index (χ0v) is 10.2. The highest BCUT2D eigenvalue weighted by atomic mass is 16.5. The summed E-state index contributed by atoms with van der Waals surface area (Å²) in [6.45, 7) is 3.86. The Labute approximate surface area is 100.0 Å². The zero-order valence-electron chi connectivity index (χ0n) is 10.2. The lowest BCUT2D eigenvalue weighted by Gasteiger charge is -2.05. The van der Waals surface area contributed by atoms with E-state index < -0.39 is 0 Å². The summed E-state index contributed by atoms with van der Waals surface area (Å²) in [6, 6.07) is 7.62. The third-order valence-corrected chi connectivity index (χ3v) is 2.51. The summed E-state index contributed by atoms with van der Waals surface area (Å²) in [5.74, 6) is 0.667. The van der Waals surface area contributed by atoms with Crippen LogP contribution in [0, 0.1) is 0 Å². The summed E-state index contributed by atoms with van der Waals surface area (Å²) >= 11 is 0. The Balaban J connectivity index is 2.41. The third-order valence-electron chi connectivity index (χ3n) is 2.51. The smallest absolute Gasteiger partial charge is 0.267 e. The summed E-state index contributed by atoms with van der Waals surface area (Å²) in [6.07, 6.45) is 0. The number of nitrogens with one attached hydrogen (secondary N) is 2. The zero-order chi connectivity index (χ0) is 12.4. The van der Waals surface area contributed by atoms with Crippen LogP contribution in [0.4, 0.5) is 0 Å². The number of benzene rings is 1. The summed E-state index contributed by atoms with van der Waals surface area (Å²) in [5, 5.41) is 3.77. The lowest BCUT2D eigenvalue weighted by molar-refractivity contribution is 0.0939. The van der Waals surface area contributed by atoms with Crippen LogP contribution in [0.15, 0.2) is 24.3 Å². The molecule has 0 bridgehead atoms. The minimum atomic E-state index is -0.0988. The number of aromatic amines is 1. The van der Waals surface area contributed by atoms with Crippen molar-refractivity contribution in [3.63, 3.8) is 0 Å². The molecule has 0 unspecified atom stereocenters. The molecule has 4 heteroatoms. The second-order valence-corrected chi connectivity index (χ2v) is 4.23. The van der Waals surface area contributed by atoms with Crippen LogP contribution in [0.3, 0.4) is 0 Å². The molecule has 1 heterocycles. The number of hydrogen-bond acceptors (Lipinski definition) is 2. The minimum Gasteiger partial charge on any atom is -0.496 e. The maximum atomic E-state index is 11.8. The Morgan fingerprint density at radius 1 is 1.41 bits per heavy atom. The van der Waals surface area contributed by atoms with Crippen LogP contribution in [0.1, 0.15) is 24.3 Å². The predicted molar refractivity (Wildman–Crippen MR) is 67.5 cm³/mol. The maximum absolute atomic E-state index is 11.8. The van der Waals surface area contributed by atoms with Crippen molar-refractivity contribution in [2.75, 3.05) is 7.11 Å². The van der Waals surface area contributed by atoms with Gasteiger partial charge in [0.2, 0.25) is 0 Å². The number of aromatic nitrogens is 1. The minimum absolute atomic E-state index is 0.0988. The molecule has 1 amide bonds. The van der Waals surface area contributed by atoms with E-state index in [0.717, 1.165) is 16.7 Å². The molecule has 4 nitrogen and oxygen atoms in total. The molecule has 0 atom stereocenters. The lowest BCUT2D eigenvalue weighted by atomic mass is 10.2. The second kappa shape index (κ2) is 4.49. The van der Waals surface area contributed by atoms with Gasteiger partial charge in [0.25, 0.3) is 5.91 Å². The van der Waals surface area contributed by atoms with Crippen molar-refractivity contribution in [3.05, 3.63) is 30.0 Å². The highest BCUT2D eigenvalue weighted by Gasteiger charge is 2.12. The first-order valence-electron chi connectivity index (χ1n) is 5.58. The van der Waals surface area contributed by atoms with Crippen molar-refractivity contribution in [2.45, 2.75) is 19.9 Å². The first-order chi connectivity index (χ1) is 8.11. The van der Waals surface area contributed by atoms with Gasteiger partial charge in [0.15, 0.2) is 0 Å². The van der Waals surface area contributed by atoms with E-state index in [1.165, 1.54) is 0 Å². The number of amides is 1. The van der Waals surface area contributed by atoms with E-state index in [1.807, 2.05) is 38.1 Å². The van der Waals surface area contributed by atoms with Crippen LogP contribution in [-0.2, 0) is 0 Å². The Kier molecular flexibility index (Phi) is 3.04. The number of H-pyrrole nitrogens is 1. The fraction of sp³-hybridized carbons (Fsp3) is 0.308. The number of carbonyl (C=O) groups is 1. The van der Waals surface area contributed by atoms with Gasteiger partial charge in [-0.05, 0) is 32.0 Å². The van der Waals surface area contributed by atoms with Gasteiger partial charge < -0.3 is 15.0 Å². The Morgan fingerprint density at radius 2 is 2.18 bits per heavy atom. The van der Waals surface area contributed by atoms with Gasteiger partial charge in [-0.25, -0.2) is 0 Å². The van der Waals surface area contributed by atoms with Crippen LogP contribution in [0.25, 0.3) is 10.9 Å². The van der Waals surface area contributed by atoms with Crippen LogP contribution in [-0.4, -0.2) is 24.0 Å². The van der Waals surface area contributed by atoms with Crippen molar-refractivity contribution in [3.8, 4) is 5.75 Å². The van der Waals surface area contributed by atoms with Crippen LogP contribution in [0.5, 0.6) is 5.75 Å². The second-order valence-electron chi connectivity index (χ2n) is 4.23. The number of ether oxygens (including phenoxy) is 1. The van der Waals surface area contributed by atoms with Gasteiger partial charge in [0.1, 0.15) is 11.4 Å². The Hall–Kier alpha value is -1.97. The molecule has 2 N–H and O–H groups in total. The van der Waals surface area contributed by atoms with E-state index in [9.17, 15) is 4.79 Å². The SMILES string of the molecule is COc1cccc2[nH]c(C(=O)NC(C)C)cc12. The van der Waals surface area contributed by atoms with E-state index in [2.05, 4.69) is 10.3 Å². The molecule has 0 aliphatic carbocycles. The molecule has 0 radical (unpaired) electrons. The lowest BCUT2D eigenvalue weighted by Crippen LogP contribution is -2.30. The van der Waals surface area contributed by atoms with Gasteiger partial charge in [-0.3, -0.25) is 4.79 Å². The molecule has 0 saturated carbocycles. The molecular formula is C13H16N2O2. The third kappa shape index (κ3) is 2.25. The number of methoxy groups -OCH3 is 1. The number of fused-ring (bicyclic) bond motifs is 1. The monoisotopic (exact) mass is 232 g/mol. The predicted octanol–water partition coefficient (Wildman–Crippen LogP) is 2.31. The fourth-order valence-corrected chi connectivity index (χ4v) is 1.77. The molecule has 2 rings (SSSR count). The van der Waals surface area contributed by atoms with E-state index in [-0.39, 0.29) is 11.9 Å². The van der Waals surface area contributed by atoms with Crippen molar-refractivity contribution < 1.29 is 9.53 Å². The maximum Gasteiger partial charge on any atom is 0.267 e. The average molecular weight is 232 g/mol. The van der Waals surface area contributed by atoms with Crippen LogP contribution < -0.4 is 10.1 Å². The number of rotatable bonds is 3. The molecule has 2 aromatic rings. The van der Waals surface area contributed by atoms with E-state index in [1.54, 1.807) is 7.11 Å². The Bertz CT molecular complexity index is 543. The topological polar surface area (TPSA) is 54.1 Å². The van der Waals surface area contributed by atoms with Crippen LogP contribution >= 0.6 is 0 Å². The summed E-state index contributed by atoms with van der Waals surface area (Å²) in [5.41, 5.74) is 1.46. The molecule has 0 aliphatic heterocycles. The van der Waals surface area contributed by atoms with Crippen molar-refractivity contribution in [1.29, 1.82) is 0 Å². The highest BCUT2D eigenvalue weighted by molar-refractivity contribution is 5.99. The first-order valence-corrected chi connectivity index (χ1v) is 5.58. The molecule has 17 heavy (non-hydrogen) atoms. The normalized spacial score (nSPS) is 10.8. The molecule has 0 aliphatic rings. The van der Waals surface area contributed by atoms with Gasteiger partial charge >= 0.3 is 0 Å². The largest absolute Gasteiger partial charge is 0.496 e. The standard InChI is InChI=1S/C13H16N2O2/c1-8(2)14-13(16)11-7-9-10(15-11)5-4-6-12(9)17-3/h4-8,15H,1-3H3,(H,14,16).